The summed E-state index contributed by atoms with van der Waals surface area (Å²) in [6, 6.07) is 8.05. The molecular formula is C14H10Br2Cl2FN. The molecule has 1 unspecified atom stereocenters. The number of rotatable bonds is 3. The summed E-state index contributed by atoms with van der Waals surface area (Å²) in [5, 5.41) is 4.18. The lowest BCUT2D eigenvalue weighted by Crippen LogP contribution is -2.19. The standard InChI is InChI=1S/C14H10Br2Cl2FN/c1-20-14(8-3-2-7(17)4-10(8)15)9-5-12(18)11(16)6-13(9)19/h2-6,14,20H,1H3. The monoisotopic (exact) mass is 439 g/mol. The largest absolute Gasteiger partial charge is 0.309 e. The van der Waals surface area contributed by atoms with Crippen molar-refractivity contribution >= 4 is 55.1 Å². The number of benzene rings is 2. The van der Waals surface area contributed by atoms with Gasteiger partial charge in [0.05, 0.1) is 11.1 Å². The molecule has 1 nitrogen and oxygen atoms in total. The molecule has 0 radical (unpaired) electrons. The van der Waals surface area contributed by atoms with Crippen LogP contribution in [0.5, 0.6) is 0 Å². The molecule has 0 aromatic heterocycles. The number of hydrogen-bond donors (Lipinski definition) is 1. The molecule has 6 heteroatoms. The Morgan fingerprint density at radius 3 is 2.35 bits per heavy atom. The SMILES string of the molecule is CNC(c1cc(Cl)c(Br)cc1F)c1ccc(Cl)cc1Br. The van der Waals surface area contributed by atoms with Gasteiger partial charge in [0.25, 0.3) is 0 Å². The fraction of sp³-hybridized carbons (Fsp3) is 0.143. The Bertz CT molecular complexity index is 649. The minimum Gasteiger partial charge on any atom is -0.309 e. The van der Waals surface area contributed by atoms with E-state index in [2.05, 4.69) is 37.2 Å². The van der Waals surface area contributed by atoms with Crippen molar-refractivity contribution in [1.29, 1.82) is 0 Å². The Morgan fingerprint density at radius 2 is 1.75 bits per heavy atom. The highest BCUT2D eigenvalue weighted by molar-refractivity contribution is 9.10. The summed E-state index contributed by atoms with van der Waals surface area (Å²) in [6.45, 7) is 0. The molecule has 0 fully saturated rings. The summed E-state index contributed by atoms with van der Waals surface area (Å²) >= 11 is 18.7. The van der Waals surface area contributed by atoms with Gasteiger partial charge in [0.2, 0.25) is 0 Å². The van der Waals surface area contributed by atoms with Crippen LogP contribution in [0.4, 0.5) is 4.39 Å². The lowest BCUT2D eigenvalue weighted by Gasteiger charge is -2.20. The Hall–Kier alpha value is -0.130. The molecule has 0 aliphatic carbocycles. The third kappa shape index (κ3) is 3.37. The predicted molar refractivity (Wildman–Crippen MR) is 89.2 cm³/mol. The third-order valence-corrected chi connectivity index (χ3v) is 5.03. The molecule has 2 rings (SSSR count). The first-order chi connectivity index (χ1) is 9.43. The Balaban J connectivity index is 2.55. The smallest absolute Gasteiger partial charge is 0.129 e. The van der Waals surface area contributed by atoms with E-state index in [0.29, 0.717) is 20.1 Å². The molecule has 20 heavy (non-hydrogen) atoms. The van der Waals surface area contributed by atoms with E-state index in [4.69, 9.17) is 23.2 Å². The topological polar surface area (TPSA) is 12.0 Å². The Morgan fingerprint density at radius 1 is 1.05 bits per heavy atom. The summed E-state index contributed by atoms with van der Waals surface area (Å²) in [5.74, 6) is -0.331. The molecule has 0 bridgehead atoms. The van der Waals surface area contributed by atoms with E-state index in [1.807, 2.05) is 6.07 Å². The van der Waals surface area contributed by atoms with Crippen molar-refractivity contribution in [2.45, 2.75) is 6.04 Å². The fourth-order valence-electron chi connectivity index (χ4n) is 1.97. The van der Waals surface area contributed by atoms with Gasteiger partial charge >= 0.3 is 0 Å². The van der Waals surface area contributed by atoms with E-state index in [1.165, 1.54) is 6.07 Å². The molecular weight excluding hydrogens is 432 g/mol. The molecule has 0 spiro atoms. The van der Waals surface area contributed by atoms with Crippen LogP contribution in [0.25, 0.3) is 0 Å². The van der Waals surface area contributed by atoms with Crippen LogP contribution in [0, 0.1) is 5.82 Å². The maximum absolute atomic E-state index is 14.2. The van der Waals surface area contributed by atoms with Gasteiger partial charge in [-0.25, -0.2) is 4.39 Å². The van der Waals surface area contributed by atoms with E-state index in [-0.39, 0.29) is 11.9 Å². The minimum atomic E-state index is -0.331. The molecule has 0 saturated carbocycles. The van der Waals surface area contributed by atoms with Gasteiger partial charge in [-0.2, -0.15) is 0 Å². The van der Waals surface area contributed by atoms with E-state index in [0.717, 1.165) is 10.0 Å². The first-order valence-corrected chi connectivity index (χ1v) is 8.05. The van der Waals surface area contributed by atoms with Crippen molar-refractivity contribution in [3.05, 3.63) is 66.3 Å². The molecule has 0 saturated heterocycles. The molecule has 0 aliphatic heterocycles. The molecule has 0 aliphatic rings. The summed E-state index contributed by atoms with van der Waals surface area (Å²) in [4.78, 5) is 0. The van der Waals surface area contributed by atoms with Gasteiger partial charge < -0.3 is 5.32 Å². The number of nitrogens with one attached hydrogen (secondary N) is 1. The summed E-state index contributed by atoms with van der Waals surface area (Å²) in [7, 11) is 1.76. The average molecular weight is 442 g/mol. The van der Waals surface area contributed by atoms with Gasteiger partial charge in [-0.3, -0.25) is 0 Å². The summed E-state index contributed by atoms with van der Waals surface area (Å²) in [5.41, 5.74) is 1.36. The molecule has 0 heterocycles. The first kappa shape index (κ1) is 16.2. The second-order valence-electron chi connectivity index (χ2n) is 4.18. The van der Waals surface area contributed by atoms with Crippen LogP contribution in [0.15, 0.2) is 39.3 Å². The molecule has 2 aromatic carbocycles. The van der Waals surface area contributed by atoms with Crippen molar-refractivity contribution in [2.75, 3.05) is 7.05 Å². The molecule has 0 amide bonds. The zero-order valence-electron chi connectivity index (χ0n) is 10.4. The summed E-state index contributed by atoms with van der Waals surface area (Å²) in [6.07, 6.45) is 0. The first-order valence-electron chi connectivity index (χ1n) is 5.70. The normalized spacial score (nSPS) is 12.5. The van der Waals surface area contributed by atoms with Crippen LogP contribution in [-0.2, 0) is 0 Å². The number of halogens is 5. The molecule has 106 valence electrons. The van der Waals surface area contributed by atoms with Gasteiger partial charge in [-0.15, -0.1) is 0 Å². The van der Waals surface area contributed by atoms with E-state index in [1.54, 1.807) is 25.2 Å². The highest BCUT2D eigenvalue weighted by Gasteiger charge is 2.20. The van der Waals surface area contributed by atoms with Gasteiger partial charge in [-0.05, 0) is 52.8 Å². The Kier molecular flexibility index (Phi) is 5.49. The third-order valence-electron chi connectivity index (χ3n) is 2.91. The quantitative estimate of drug-likeness (QED) is 0.579. The maximum Gasteiger partial charge on any atom is 0.129 e. The van der Waals surface area contributed by atoms with Crippen LogP contribution in [0.3, 0.4) is 0 Å². The lowest BCUT2D eigenvalue weighted by molar-refractivity contribution is 0.575. The van der Waals surface area contributed by atoms with Crippen LogP contribution in [-0.4, -0.2) is 7.05 Å². The average Bonchev–Trinajstić information content (AvgIpc) is 2.38. The van der Waals surface area contributed by atoms with Crippen molar-refractivity contribution < 1.29 is 4.39 Å². The van der Waals surface area contributed by atoms with Gasteiger partial charge in [-0.1, -0.05) is 45.2 Å². The molecule has 1 atom stereocenters. The molecule has 1 N–H and O–H groups in total. The second kappa shape index (κ2) is 6.75. The maximum atomic E-state index is 14.2. The van der Waals surface area contributed by atoms with Crippen molar-refractivity contribution in [1.82, 2.24) is 5.32 Å². The van der Waals surface area contributed by atoms with Gasteiger partial charge in [0.15, 0.2) is 0 Å². The van der Waals surface area contributed by atoms with E-state index < -0.39 is 0 Å². The second-order valence-corrected chi connectivity index (χ2v) is 6.73. The highest BCUT2D eigenvalue weighted by Crippen LogP contribution is 2.35. The Labute approximate surface area is 143 Å². The van der Waals surface area contributed by atoms with Gasteiger partial charge in [0, 0.05) is 19.5 Å². The lowest BCUT2D eigenvalue weighted by atomic mass is 9.98. The zero-order chi connectivity index (χ0) is 14.9. The van der Waals surface area contributed by atoms with Crippen LogP contribution in [0.2, 0.25) is 10.0 Å². The predicted octanol–water partition coefficient (Wildman–Crippen LogP) is 5.97. The van der Waals surface area contributed by atoms with Crippen molar-refractivity contribution in [3.63, 3.8) is 0 Å². The highest BCUT2D eigenvalue weighted by atomic mass is 79.9. The van der Waals surface area contributed by atoms with Gasteiger partial charge in [0.1, 0.15) is 5.82 Å². The van der Waals surface area contributed by atoms with Crippen LogP contribution < -0.4 is 5.32 Å². The van der Waals surface area contributed by atoms with Crippen LogP contribution >= 0.6 is 55.1 Å². The van der Waals surface area contributed by atoms with Crippen molar-refractivity contribution in [3.8, 4) is 0 Å². The van der Waals surface area contributed by atoms with E-state index in [9.17, 15) is 4.39 Å². The van der Waals surface area contributed by atoms with Crippen molar-refractivity contribution in [2.24, 2.45) is 0 Å². The van der Waals surface area contributed by atoms with Crippen LogP contribution in [0.1, 0.15) is 17.2 Å². The van der Waals surface area contributed by atoms with E-state index >= 15 is 0 Å². The zero-order valence-corrected chi connectivity index (χ0v) is 15.0. The number of hydrogen-bond acceptors (Lipinski definition) is 1. The fourth-order valence-corrected chi connectivity index (χ4v) is 3.37. The molecule has 2 aromatic rings. The minimum absolute atomic E-state index is 0.327. The summed E-state index contributed by atoms with van der Waals surface area (Å²) < 4.78 is 15.5.